The molecular formula is C18H23N5O3. The number of aromatic nitrogens is 2. The number of carbonyl (C=O) groups is 2. The van der Waals surface area contributed by atoms with Crippen LogP contribution in [0.3, 0.4) is 0 Å². The zero-order valence-corrected chi connectivity index (χ0v) is 14.7. The second-order valence-corrected chi connectivity index (χ2v) is 6.46. The van der Waals surface area contributed by atoms with E-state index in [4.69, 9.17) is 10.3 Å². The minimum absolute atomic E-state index is 0.00427. The molecule has 0 aliphatic carbocycles. The maximum Gasteiger partial charge on any atom is 0.318 e. The normalized spacial score (nSPS) is 17.9. The number of Topliss-reactive ketones (excluding diaryl/α,β-unsaturated/α-hetero) is 1. The van der Waals surface area contributed by atoms with Crippen LogP contribution in [-0.4, -0.2) is 39.4 Å². The molecule has 1 fully saturated rings. The monoisotopic (exact) mass is 357 g/mol. The molecule has 1 aliphatic rings. The number of likely N-dealkylation sites (tertiary alicyclic amines) is 1. The second kappa shape index (κ2) is 8.09. The molecule has 2 atom stereocenters. The van der Waals surface area contributed by atoms with Gasteiger partial charge in [-0.25, -0.2) is 4.79 Å². The summed E-state index contributed by atoms with van der Waals surface area (Å²) in [6.07, 6.45) is 2.14. The Hall–Kier alpha value is -2.74. The molecule has 138 valence electrons. The lowest BCUT2D eigenvalue weighted by Crippen LogP contribution is -2.45. The van der Waals surface area contributed by atoms with E-state index in [1.165, 1.54) is 6.92 Å². The molecule has 8 nitrogen and oxygen atoms in total. The second-order valence-electron chi connectivity index (χ2n) is 6.46. The number of rotatable bonds is 6. The predicted octanol–water partition coefficient (Wildman–Crippen LogP) is 1.58. The summed E-state index contributed by atoms with van der Waals surface area (Å²) in [5.74, 6) is 0.695. The van der Waals surface area contributed by atoms with Gasteiger partial charge in [0.05, 0.1) is 18.6 Å². The molecule has 2 heterocycles. The number of amides is 2. The third kappa shape index (κ3) is 4.26. The van der Waals surface area contributed by atoms with Crippen LogP contribution in [0.25, 0.3) is 0 Å². The van der Waals surface area contributed by atoms with Crippen LogP contribution in [0.2, 0.25) is 0 Å². The first-order valence-corrected chi connectivity index (χ1v) is 8.71. The van der Waals surface area contributed by atoms with Crippen molar-refractivity contribution in [2.24, 2.45) is 5.73 Å². The third-order valence-electron chi connectivity index (χ3n) is 4.49. The lowest BCUT2D eigenvalue weighted by molar-refractivity contribution is -0.120. The van der Waals surface area contributed by atoms with Crippen molar-refractivity contribution in [1.82, 2.24) is 20.4 Å². The van der Waals surface area contributed by atoms with Gasteiger partial charge >= 0.3 is 6.03 Å². The molecule has 2 aromatic rings. The van der Waals surface area contributed by atoms with Crippen molar-refractivity contribution in [3.05, 3.63) is 47.6 Å². The van der Waals surface area contributed by atoms with E-state index in [9.17, 15) is 9.59 Å². The highest BCUT2D eigenvalue weighted by Crippen LogP contribution is 2.18. The highest BCUT2D eigenvalue weighted by atomic mass is 16.5. The molecule has 0 bridgehead atoms. The van der Waals surface area contributed by atoms with Crippen molar-refractivity contribution in [2.75, 3.05) is 6.54 Å². The van der Waals surface area contributed by atoms with Gasteiger partial charge in [-0.2, -0.15) is 4.98 Å². The molecule has 0 spiro atoms. The van der Waals surface area contributed by atoms with Crippen molar-refractivity contribution in [1.29, 1.82) is 0 Å². The predicted molar refractivity (Wildman–Crippen MR) is 94.0 cm³/mol. The van der Waals surface area contributed by atoms with Crippen LogP contribution < -0.4 is 11.1 Å². The number of hydrogen-bond acceptors (Lipinski definition) is 6. The number of carbonyl (C=O) groups excluding carboxylic acids is 2. The highest BCUT2D eigenvalue weighted by Gasteiger charge is 2.31. The van der Waals surface area contributed by atoms with Gasteiger partial charge in [-0.05, 0) is 31.7 Å². The Morgan fingerprint density at radius 2 is 2.15 bits per heavy atom. The van der Waals surface area contributed by atoms with Gasteiger partial charge in [-0.15, -0.1) is 0 Å². The van der Waals surface area contributed by atoms with Crippen LogP contribution in [0, 0.1) is 0 Å². The van der Waals surface area contributed by atoms with Crippen molar-refractivity contribution >= 4 is 11.8 Å². The van der Waals surface area contributed by atoms with Crippen LogP contribution >= 0.6 is 0 Å². The van der Waals surface area contributed by atoms with Crippen molar-refractivity contribution in [3.63, 3.8) is 0 Å². The van der Waals surface area contributed by atoms with Crippen LogP contribution in [-0.2, 0) is 17.8 Å². The van der Waals surface area contributed by atoms with Crippen LogP contribution in [0.1, 0.15) is 43.1 Å². The summed E-state index contributed by atoms with van der Waals surface area (Å²) in [5.41, 5.74) is 7.22. The summed E-state index contributed by atoms with van der Waals surface area (Å²) in [7, 11) is 0. The molecule has 0 saturated carbocycles. The van der Waals surface area contributed by atoms with E-state index in [-0.39, 0.29) is 36.3 Å². The first kappa shape index (κ1) is 18.1. The summed E-state index contributed by atoms with van der Waals surface area (Å²) < 4.78 is 5.17. The Kier molecular flexibility index (Phi) is 5.62. The quantitative estimate of drug-likeness (QED) is 0.811. The molecule has 3 N–H and O–H groups in total. The minimum atomic E-state index is -0.383. The number of nitrogens with zero attached hydrogens (tertiary/aromatic N) is 3. The maximum atomic E-state index is 12.3. The van der Waals surface area contributed by atoms with Crippen LogP contribution in [0.5, 0.6) is 0 Å². The van der Waals surface area contributed by atoms with Gasteiger partial charge < -0.3 is 20.5 Å². The van der Waals surface area contributed by atoms with Gasteiger partial charge in [0.1, 0.15) is 0 Å². The standard InChI is InChI=1S/C18H23N5O3/c1-12(24)15-8-5-9-23(15)18(25)20-11-16-21-17(22-26-16)14(19)10-13-6-3-2-4-7-13/h2-4,6-7,14-15H,5,8-11,19H2,1H3,(H,20,25)/t14-,15?/m0/s1. The Morgan fingerprint density at radius 3 is 2.88 bits per heavy atom. The van der Waals surface area contributed by atoms with Gasteiger partial charge in [0.25, 0.3) is 0 Å². The van der Waals surface area contributed by atoms with E-state index < -0.39 is 0 Å². The highest BCUT2D eigenvalue weighted by molar-refractivity contribution is 5.87. The van der Waals surface area contributed by atoms with E-state index in [0.717, 1.165) is 12.0 Å². The molecule has 8 heteroatoms. The van der Waals surface area contributed by atoms with E-state index in [2.05, 4.69) is 15.5 Å². The molecule has 2 amide bonds. The average molecular weight is 357 g/mol. The van der Waals surface area contributed by atoms with Crippen molar-refractivity contribution in [2.45, 2.75) is 44.8 Å². The Bertz CT molecular complexity index is 761. The molecule has 1 aromatic heterocycles. The molecule has 3 rings (SSSR count). The molecule has 1 aromatic carbocycles. The first-order chi connectivity index (χ1) is 12.5. The van der Waals surface area contributed by atoms with Gasteiger partial charge in [0.2, 0.25) is 5.89 Å². The van der Waals surface area contributed by atoms with Crippen LogP contribution in [0.4, 0.5) is 4.79 Å². The van der Waals surface area contributed by atoms with E-state index in [0.29, 0.717) is 25.2 Å². The van der Waals surface area contributed by atoms with Crippen LogP contribution in [0.15, 0.2) is 34.9 Å². The van der Waals surface area contributed by atoms with E-state index >= 15 is 0 Å². The average Bonchev–Trinajstić information content (AvgIpc) is 3.30. The van der Waals surface area contributed by atoms with E-state index in [1.807, 2.05) is 30.3 Å². The third-order valence-corrected chi connectivity index (χ3v) is 4.49. The minimum Gasteiger partial charge on any atom is -0.337 e. The molecule has 0 radical (unpaired) electrons. The van der Waals surface area contributed by atoms with Gasteiger partial charge in [0.15, 0.2) is 11.6 Å². The molecule has 1 aliphatic heterocycles. The topological polar surface area (TPSA) is 114 Å². The SMILES string of the molecule is CC(=O)C1CCCN1C(=O)NCc1nc([C@@H](N)Cc2ccccc2)no1. The number of nitrogens with two attached hydrogens (primary N) is 1. The summed E-state index contributed by atoms with van der Waals surface area (Å²) in [5, 5.41) is 6.63. The van der Waals surface area contributed by atoms with E-state index in [1.54, 1.807) is 4.90 Å². The summed E-state index contributed by atoms with van der Waals surface area (Å²) in [4.78, 5) is 29.7. The first-order valence-electron chi connectivity index (χ1n) is 8.71. The van der Waals surface area contributed by atoms with Crippen molar-refractivity contribution in [3.8, 4) is 0 Å². The fourth-order valence-corrected chi connectivity index (χ4v) is 3.13. The van der Waals surface area contributed by atoms with Gasteiger partial charge in [0, 0.05) is 6.54 Å². The molecule has 1 unspecified atom stereocenters. The molecular weight excluding hydrogens is 334 g/mol. The number of benzene rings is 1. The lowest BCUT2D eigenvalue weighted by atomic mass is 10.1. The summed E-state index contributed by atoms with van der Waals surface area (Å²) in [6.45, 7) is 2.19. The maximum absolute atomic E-state index is 12.3. The zero-order valence-electron chi connectivity index (χ0n) is 14.7. The van der Waals surface area contributed by atoms with Gasteiger partial charge in [-0.3, -0.25) is 4.79 Å². The van der Waals surface area contributed by atoms with Crippen molar-refractivity contribution < 1.29 is 14.1 Å². The summed E-state index contributed by atoms with van der Waals surface area (Å²) >= 11 is 0. The number of hydrogen-bond donors (Lipinski definition) is 2. The largest absolute Gasteiger partial charge is 0.337 e. The zero-order chi connectivity index (χ0) is 18.5. The Morgan fingerprint density at radius 1 is 1.38 bits per heavy atom. The summed E-state index contributed by atoms with van der Waals surface area (Å²) in [6, 6.07) is 8.80. The fraction of sp³-hybridized carbons (Fsp3) is 0.444. The molecule has 1 saturated heterocycles. The smallest absolute Gasteiger partial charge is 0.318 e. The fourth-order valence-electron chi connectivity index (χ4n) is 3.13. The lowest BCUT2D eigenvalue weighted by Gasteiger charge is -2.22. The Balaban J connectivity index is 1.53. The number of ketones is 1. The number of urea groups is 1. The van der Waals surface area contributed by atoms with Gasteiger partial charge in [-0.1, -0.05) is 35.5 Å². The Labute approximate surface area is 151 Å². The molecule has 26 heavy (non-hydrogen) atoms. The number of nitrogens with one attached hydrogen (secondary N) is 1.